The van der Waals surface area contributed by atoms with Crippen molar-refractivity contribution in [3.8, 4) is 0 Å². The van der Waals surface area contributed by atoms with Crippen LogP contribution in [0.25, 0.3) is 0 Å². The van der Waals surface area contributed by atoms with Crippen molar-refractivity contribution >= 4 is 0 Å². The van der Waals surface area contributed by atoms with E-state index in [9.17, 15) is 0 Å². The minimum atomic E-state index is 0.519. The molecule has 0 N–H and O–H groups in total. The van der Waals surface area contributed by atoms with Gasteiger partial charge in [0, 0.05) is 0 Å². The van der Waals surface area contributed by atoms with Crippen LogP contribution in [0.1, 0.15) is 46.5 Å². The van der Waals surface area contributed by atoms with Crippen LogP contribution in [0.2, 0.25) is 0 Å². The van der Waals surface area contributed by atoms with E-state index in [4.69, 9.17) is 0 Å². The van der Waals surface area contributed by atoms with Gasteiger partial charge in [-0.25, -0.2) is 0 Å². The molecule has 1 aliphatic rings. The number of rotatable bonds is 0. The first-order chi connectivity index (χ1) is 4.60. The summed E-state index contributed by atoms with van der Waals surface area (Å²) in [6.07, 6.45) is 8.07. The summed E-state index contributed by atoms with van der Waals surface area (Å²) in [6, 6.07) is 0. The Hall–Kier alpha value is 0. The second-order valence-electron chi connectivity index (χ2n) is 4.43. The van der Waals surface area contributed by atoms with Crippen LogP contribution < -0.4 is 0 Å². The van der Waals surface area contributed by atoms with Gasteiger partial charge in [0.1, 0.15) is 0 Å². The zero-order chi connectivity index (χ0) is 7.61. The molecule has 1 radical (unpaired) electrons. The van der Waals surface area contributed by atoms with Crippen molar-refractivity contribution in [2.24, 2.45) is 11.3 Å². The van der Waals surface area contributed by atoms with Gasteiger partial charge in [-0.1, -0.05) is 33.6 Å². The monoisotopic (exact) mass is 139 g/mol. The molecule has 0 bridgehead atoms. The SMILES string of the molecule is CC1C[CH]C(C)(C)CCC1. The molecule has 0 heterocycles. The van der Waals surface area contributed by atoms with Crippen LogP contribution in [0.5, 0.6) is 0 Å². The highest BCUT2D eigenvalue weighted by Gasteiger charge is 2.22. The van der Waals surface area contributed by atoms with E-state index in [1.54, 1.807) is 0 Å². The van der Waals surface area contributed by atoms with Crippen molar-refractivity contribution in [3.63, 3.8) is 0 Å². The van der Waals surface area contributed by atoms with Crippen molar-refractivity contribution in [1.29, 1.82) is 0 Å². The highest BCUT2D eigenvalue weighted by atomic mass is 14.3. The lowest BCUT2D eigenvalue weighted by atomic mass is 9.85. The maximum Gasteiger partial charge on any atom is -0.0323 e. The Morgan fingerprint density at radius 1 is 1.40 bits per heavy atom. The van der Waals surface area contributed by atoms with Gasteiger partial charge in [0.15, 0.2) is 0 Å². The van der Waals surface area contributed by atoms with Gasteiger partial charge in [0.25, 0.3) is 0 Å². The predicted octanol–water partition coefficient (Wildman–Crippen LogP) is 3.43. The van der Waals surface area contributed by atoms with Gasteiger partial charge in [0.2, 0.25) is 0 Å². The zero-order valence-corrected chi connectivity index (χ0v) is 7.48. The van der Waals surface area contributed by atoms with E-state index in [0.29, 0.717) is 5.41 Å². The molecule has 10 heavy (non-hydrogen) atoms. The predicted molar refractivity (Wildman–Crippen MR) is 45.7 cm³/mol. The standard InChI is InChI=1S/C10H19/c1-9-5-4-7-10(2,3)8-6-9/h8-9H,4-7H2,1-3H3. The lowest BCUT2D eigenvalue weighted by Crippen LogP contribution is -2.09. The molecule has 0 spiro atoms. The fourth-order valence-corrected chi connectivity index (χ4v) is 1.65. The highest BCUT2D eigenvalue weighted by molar-refractivity contribution is 4.88. The molecule has 1 aliphatic carbocycles. The summed E-state index contributed by atoms with van der Waals surface area (Å²) in [5.41, 5.74) is 0.519. The first-order valence-electron chi connectivity index (χ1n) is 4.44. The van der Waals surface area contributed by atoms with Crippen LogP contribution >= 0.6 is 0 Å². The van der Waals surface area contributed by atoms with Gasteiger partial charge in [-0.2, -0.15) is 0 Å². The quantitative estimate of drug-likeness (QED) is 0.451. The Kier molecular flexibility index (Phi) is 2.38. The summed E-state index contributed by atoms with van der Waals surface area (Å²) in [5.74, 6) is 0.932. The molecule has 1 fully saturated rings. The van der Waals surface area contributed by atoms with Crippen molar-refractivity contribution in [2.45, 2.75) is 46.5 Å². The van der Waals surface area contributed by atoms with Crippen molar-refractivity contribution < 1.29 is 0 Å². The van der Waals surface area contributed by atoms with Gasteiger partial charge < -0.3 is 0 Å². The van der Waals surface area contributed by atoms with Gasteiger partial charge in [-0.15, -0.1) is 0 Å². The van der Waals surface area contributed by atoms with Crippen molar-refractivity contribution in [1.82, 2.24) is 0 Å². The topological polar surface area (TPSA) is 0 Å². The molecule has 0 aliphatic heterocycles. The molecule has 0 amide bonds. The maximum atomic E-state index is 2.50. The molecule has 1 unspecified atom stereocenters. The van der Waals surface area contributed by atoms with E-state index in [1.165, 1.54) is 25.7 Å². The Balaban J connectivity index is 2.41. The van der Waals surface area contributed by atoms with Gasteiger partial charge >= 0.3 is 0 Å². The summed E-state index contributed by atoms with van der Waals surface area (Å²) >= 11 is 0. The van der Waals surface area contributed by atoms with Crippen LogP contribution in [0.4, 0.5) is 0 Å². The molecule has 0 aromatic heterocycles. The second kappa shape index (κ2) is 2.94. The molecule has 0 heteroatoms. The van der Waals surface area contributed by atoms with Crippen molar-refractivity contribution in [3.05, 3.63) is 6.42 Å². The second-order valence-corrected chi connectivity index (χ2v) is 4.43. The lowest BCUT2D eigenvalue weighted by Gasteiger charge is -2.21. The Morgan fingerprint density at radius 3 is 2.80 bits per heavy atom. The van der Waals surface area contributed by atoms with Crippen molar-refractivity contribution in [2.75, 3.05) is 0 Å². The van der Waals surface area contributed by atoms with Crippen LogP contribution in [0.3, 0.4) is 0 Å². The first-order valence-corrected chi connectivity index (χ1v) is 4.44. The summed E-state index contributed by atoms with van der Waals surface area (Å²) in [4.78, 5) is 0. The smallest absolute Gasteiger partial charge is 0.0323 e. The molecule has 0 aromatic carbocycles. The van der Waals surface area contributed by atoms with E-state index in [1.807, 2.05) is 0 Å². The fourth-order valence-electron chi connectivity index (χ4n) is 1.65. The molecule has 0 aromatic rings. The minimum Gasteiger partial charge on any atom is -0.0625 e. The first kappa shape index (κ1) is 8.10. The number of hydrogen-bond acceptors (Lipinski definition) is 0. The molecular formula is C10H19. The maximum absolute atomic E-state index is 2.50. The minimum absolute atomic E-state index is 0.519. The molecule has 1 saturated carbocycles. The molecule has 1 rings (SSSR count). The average Bonchev–Trinajstić information content (AvgIpc) is 1.94. The molecule has 59 valence electrons. The fraction of sp³-hybridized carbons (Fsp3) is 0.900. The summed E-state index contributed by atoms with van der Waals surface area (Å²) < 4.78 is 0. The van der Waals surface area contributed by atoms with Gasteiger partial charge in [0.05, 0.1) is 0 Å². The van der Waals surface area contributed by atoms with E-state index < -0.39 is 0 Å². The normalized spacial score (nSPS) is 33.3. The summed E-state index contributed by atoms with van der Waals surface area (Å²) in [7, 11) is 0. The molecule has 0 nitrogen and oxygen atoms in total. The number of hydrogen-bond donors (Lipinski definition) is 0. The zero-order valence-electron chi connectivity index (χ0n) is 7.48. The van der Waals surface area contributed by atoms with E-state index >= 15 is 0 Å². The Labute approximate surface area is 65.0 Å². The largest absolute Gasteiger partial charge is 0.0625 e. The van der Waals surface area contributed by atoms with Gasteiger partial charge in [-0.3, -0.25) is 0 Å². The van der Waals surface area contributed by atoms with Crippen LogP contribution in [0.15, 0.2) is 0 Å². The Bertz CT molecular complexity index is 103. The summed E-state index contributed by atoms with van der Waals surface area (Å²) in [6.45, 7) is 7.06. The average molecular weight is 139 g/mol. The third kappa shape index (κ3) is 2.32. The molecule has 1 atom stereocenters. The Morgan fingerprint density at radius 2 is 2.10 bits per heavy atom. The third-order valence-corrected chi connectivity index (χ3v) is 2.59. The van der Waals surface area contributed by atoms with E-state index in [2.05, 4.69) is 27.2 Å². The van der Waals surface area contributed by atoms with Crippen LogP contribution in [0, 0.1) is 17.8 Å². The van der Waals surface area contributed by atoms with Gasteiger partial charge in [-0.05, 0) is 30.6 Å². The van der Waals surface area contributed by atoms with E-state index in [-0.39, 0.29) is 0 Å². The summed E-state index contributed by atoms with van der Waals surface area (Å²) in [5, 5.41) is 0. The third-order valence-electron chi connectivity index (χ3n) is 2.59. The van der Waals surface area contributed by atoms with Crippen LogP contribution in [-0.2, 0) is 0 Å². The lowest BCUT2D eigenvalue weighted by molar-refractivity contribution is 0.396. The molecular weight excluding hydrogens is 120 g/mol. The highest BCUT2D eigenvalue weighted by Crippen LogP contribution is 2.34. The van der Waals surface area contributed by atoms with E-state index in [0.717, 1.165) is 5.92 Å². The molecule has 0 saturated heterocycles. The van der Waals surface area contributed by atoms with Crippen LogP contribution in [-0.4, -0.2) is 0 Å².